The third-order valence-electron chi connectivity index (χ3n) is 2.41. The molecule has 4 nitrogen and oxygen atoms in total. The summed E-state index contributed by atoms with van der Waals surface area (Å²) in [5.74, 6) is 0. The highest BCUT2D eigenvalue weighted by Gasteiger charge is 2.21. The second-order valence-electron chi connectivity index (χ2n) is 3.87. The Hall–Kier alpha value is -0.430. The van der Waals surface area contributed by atoms with Crippen LogP contribution in [-0.4, -0.2) is 14.5 Å². The summed E-state index contributed by atoms with van der Waals surface area (Å²) in [6, 6.07) is 2.27. The van der Waals surface area contributed by atoms with E-state index in [1.165, 1.54) is 24.2 Å². The van der Waals surface area contributed by atoms with E-state index in [0.29, 0.717) is 6.04 Å². The van der Waals surface area contributed by atoms with Gasteiger partial charge < -0.3 is 5.32 Å². The van der Waals surface area contributed by atoms with Gasteiger partial charge in [0.15, 0.2) is 0 Å². The number of nitrogens with one attached hydrogen (secondary N) is 1. The maximum absolute atomic E-state index is 11.1. The zero-order valence-corrected chi connectivity index (χ0v) is 10.1. The number of rotatable bonds is 4. The molecule has 0 aromatic carbocycles. The first-order valence-corrected chi connectivity index (χ1v) is 7.18. The lowest BCUT2D eigenvalue weighted by Gasteiger charge is -2.00. The minimum Gasteiger partial charge on any atom is -0.309 e. The topological polar surface area (TPSA) is 72.2 Å². The molecule has 0 radical (unpaired) electrons. The van der Waals surface area contributed by atoms with E-state index >= 15 is 0 Å². The highest BCUT2D eigenvalue weighted by atomic mass is 32.2. The van der Waals surface area contributed by atoms with Crippen molar-refractivity contribution in [2.45, 2.75) is 36.6 Å². The third kappa shape index (κ3) is 2.78. The van der Waals surface area contributed by atoms with Crippen LogP contribution in [0.3, 0.4) is 0 Å². The average molecular weight is 246 g/mol. The van der Waals surface area contributed by atoms with Crippen LogP contribution in [0.2, 0.25) is 0 Å². The Morgan fingerprint density at radius 2 is 2.27 bits per heavy atom. The van der Waals surface area contributed by atoms with E-state index in [-0.39, 0.29) is 4.21 Å². The van der Waals surface area contributed by atoms with Gasteiger partial charge in [0.2, 0.25) is 10.0 Å². The smallest absolute Gasteiger partial charge is 0.247 e. The van der Waals surface area contributed by atoms with Gasteiger partial charge in [0, 0.05) is 17.5 Å². The fourth-order valence-electron chi connectivity index (χ4n) is 1.33. The molecule has 0 unspecified atom stereocenters. The number of aryl methyl sites for hydroxylation is 1. The molecule has 1 heterocycles. The molecule has 2 rings (SSSR count). The molecular formula is C9H14N2O2S2. The minimum atomic E-state index is -3.54. The van der Waals surface area contributed by atoms with E-state index in [2.05, 4.69) is 5.32 Å². The molecule has 84 valence electrons. The van der Waals surface area contributed by atoms with Crippen LogP contribution in [0, 0.1) is 6.92 Å². The van der Waals surface area contributed by atoms with Gasteiger partial charge in [-0.15, -0.1) is 11.3 Å². The van der Waals surface area contributed by atoms with Crippen LogP contribution in [-0.2, 0) is 16.6 Å². The molecule has 3 N–H and O–H groups in total. The molecule has 1 aromatic rings. The number of sulfonamides is 1. The fraction of sp³-hybridized carbons (Fsp3) is 0.556. The predicted molar refractivity (Wildman–Crippen MR) is 60.3 cm³/mol. The molecular weight excluding hydrogens is 232 g/mol. The van der Waals surface area contributed by atoms with Gasteiger partial charge in [0.05, 0.1) is 0 Å². The molecule has 0 spiro atoms. The van der Waals surface area contributed by atoms with E-state index in [0.717, 1.165) is 17.0 Å². The van der Waals surface area contributed by atoms with Gasteiger partial charge >= 0.3 is 0 Å². The second-order valence-corrected chi connectivity index (χ2v) is 6.80. The Balaban J connectivity index is 2.13. The lowest BCUT2D eigenvalue weighted by atomic mass is 10.3. The van der Waals surface area contributed by atoms with Crippen LogP contribution in [0.15, 0.2) is 10.3 Å². The normalized spacial score (nSPS) is 16.9. The summed E-state index contributed by atoms with van der Waals surface area (Å²) in [7, 11) is -3.54. The zero-order chi connectivity index (χ0) is 11.1. The number of hydrogen-bond acceptors (Lipinski definition) is 4. The Labute approximate surface area is 93.5 Å². The van der Waals surface area contributed by atoms with E-state index in [1.807, 2.05) is 6.92 Å². The molecule has 0 bridgehead atoms. The van der Waals surface area contributed by atoms with Crippen LogP contribution in [0.5, 0.6) is 0 Å². The van der Waals surface area contributed by atoms with Crippen molar-refractivity contribution in [1.29, 1.82) is 0 Å². The Kier molecular flexibility index (Phi) is 2.85. The number of hydrogen-bond donors (Lipinski definition) is 2. The number of thiophene rings is 1. The summed E-state index contributed by atoms with van der Waals surface area (Å²) in [5, 5.41) is 8.42. The molecule has 1 aliphatic carbocycles. The summed E-state index contributed by atoms with van der Waals surface area (Å²) < 4.78 is 22.5. The minimum absolute atomic E-state index is 0.257. The number of nitrogens with two attached hydrogens (primary N) is 1. The Morgan fingerprint density at radius 1 is 1.60 bits per heavy atom. The largest absolute Gasteiger partial charge is 0.309 e. The third-order valence-corrected chi connectivity index (χ3v) is 5.06. The summed E-state index contributed by atoms with van der Waals surface area (Å²) >= 11 is 1.26. The van der Waals surface area contributed by atoms with Crippen LogP contribution in [0.4, 0.5) is 0 Å². The van der Waals surface area contributed by atoms with Crippen molar-refractivity contribution in [3.8, 4) is 0 Å². The van der Waals surface area contributed by atoms with E-state index in [1.54, 1.807) is 6.07 Å². The molecule has 6 heteroatoms. The molecule has 0 atom stereocenters. The lowest BCUT2D eigenvalue weighted by molar-refractivity contribution is 0.599. The lowest BCUT2D eigenvalue weighted by Crippen LogP contribution is -2.14. The molecule has 1 aromatic heterocycles. The van der Waals surface area contributed by atoms with Crippen molar-refractivity contribution < 1.29 is 8.42 Å². The van der Waals surface area contributed by atoms with Crippen LogP contribution < -0.4 is 10.5 Å². The highest BCUT2D eigenvalue weighted by Crippen LogP contribution is 2.26. The quantitative estimate of drug-likeness (QED) is 0.831. The average Bonchev–Trinajstić information content (AvgIpc) is 2.86. The van der Waals surface area contributed by atoms with Gasteiger partial charge in [-0.2, -0.15) is 0 Å². The summed E-state index contributed by atoms with van der Waals surface area (Å²) in [4.78, 5) is 1.06. The van der Waals surface area contributed by atoms with Gasteiger partial charge in [-0.3, -0.25) is 0 Å². The van der Waals surface area contributed by atoms with Crippen molar-refractivity contribution in [2.75, 3.05) is 0 Å². The molecule has 1 aliphatic rings. The van der Waals surface area contributed by atoms with E-state index in [4.69, 9.17) is 5.14 Å². The highest BCUT2D eigenvalue weighted by molar-refractivity contribution is 7.91. The van der Waals surface area contributed by atoms with Crippen LogP contribution in [0.25, 0.3) is 0 Å². The molecule has 15 heavy (non-hydrogen) atoms. The maximum atomic E-state index is 11.1. The first-order valence-electron chi connectivity index (χ1n) is 4.82. The molecule has 1 fully saturated rings. The van der Waals surface area contributed by atoms with Crippen LogP contribution >= 0.6 is 11.3 Å². The molecule has 0 saturated heterocycles. The second kappa shape index (κ2) is 3.86. The van der Waals surface area contributed by atoms with Gasteiger partial charge in [0.25, 0.3) is 0 Å². The summed E-state index contributed by atoms with van der Waals surface area (Å²) in [5.41, 5.74) is 0.997. The standard InChI is InChI=1S/C9H14N2O2S2/c1-6-4-9(15(10,12)13)14-8(6)5-11-7-2-3-7/h4,7,11H,2-3,5H2,1H3,(H2,10,12,13). The zero-order valence-electron chi connectivity index (χ0n) is 8.49. The molecule has 0 aliphatic heterocycles. The summed E-state index contributed by atoms with van der Waals surface area (Å²) in [6.45, 7) is 2.66. The Morgan fingerprint density at radius 3 is 2.73 bits per heavy atom. The Bertz CT molecular complexity index is 460. The monoisotopic (exact) mass is 246 g/mol. The van der Waals surface area contributed by atoms with Crippen molar-refractivity contribution in [3.63, 3.8) is 0 Å². The van der Waals surface area contributed by atoms with Gasteiger partial charge in [-0.25, -0.2) is 13.6 Å². The predicted octanol–water partition coefficient (Wildman–Crippen LogP) is 0.956. The maximum Gasteiger partial charge on any atom is 0.247 e. The van der Waals surface area contributed by atoms with Crippen molar-refractivity contribution >= 4 is 21.4 Å². The molecule has 0 amide bonds. The van der Waals surface area contributed by atoms with Gasteiger partial charge in [-0.1, -0.05) is 0 Å². The van der Waals surface area contributed by atoms with E-state index in [9.17, 15) is 8.42 Å². The van der Waals surface area contributed by atoms with Crippen molar-refractivity contribution in [2.24, 2.45) is 5.14 Å². The SMILES string of the molecule is Cc1cc(S(N)(=O)=O)sc1CNC1CC1. The van der Waals surface area contributed by atoms with Crippen LogP contribution in [0.1, 0.15) is 23.3 Å². The summed E-state index contributed by atoms with van der Waals surface area (Å²) in [6.07, 6.45) is 2.46. The fourth-order valence-corrected chi connectivity index (χ4v) is 3.29. The van der Waals surface area contributed by atoms with Gasteiger partial charge in [-0.05, 0) is 31.4 Å². The van der Waals surface area contributed by atoms with Crippen molar-refractivity contribution in [3.05, 3.63) is 16.5 Å². The first kappa shape index (κ1) is 11.1. The first-order chi connectivity index (χ1) is 6.97. The number of primary sulfonamides is 1. The molecule has 1 saturated carbocycles. The van der Waals surface area contributed by atoms with E-state index < -0.39 is 10.0 Å². The van der Waals surface area contributed by atoms with Crippen molar-refractivity contribution in [1.82, 2.24) is 5.32 Å². The van der Waals surface area contributed by atoms with Gasteiger partial charge in [0.1, 0.15) is 4.21 Å².